The Morgan fingerprint density at radius 3 is 2.60 bits per heavy atom. The first kappa shape index (κ1) is 19.8. The summed E-state index contributed by atoms with van der Waals surface area (Å²) in [5, 5.41) is 9.15. The Morgan fingerprint density at radius 1 is 1.13 bits per heavy atom. The van der Waals surface area contributed by atoms with Crippen LogP contribution in [0.5, 0.6) is 6.01 Å². The summed E-state index contributed by atoms with van der Waals surface area (Å²) in [6, 6.07) is 17.1. The van der Waals surface area contributed by atoms with E-state index < -0.39 is 0 Å². The van der Waals surface area contributed by atoms with Crippen molar-refractivity contribution in [3.63, 3.8) is 0 Å². The lowest BCUT2D eigenvalue weighted by Gasteiger charge is -2.08. The van der Waals surface area contributed by atoms with Crippen LogP contribution in [0, 0.1) is 5.82 Å². The van der Waals surface area contributed by atoms with Gasteiger partial charge in [0, 0.05) is 11.3 Å². The highest BCUT2D eigenvalue weighted by molar-refractivity contribution is 7.12. The average molecular weight is 422 g/mol. The number of amides is 1. The summed E-state index contributed by atoms with van der Waals surface area (Å²) in [6.07, 6.45) is -0.101. The van der Waals surface area contributed by atoms with E-state index in [9.17, 15) is 9.18 Å². The number of carbonyl (C=O) groups excluding carboxylic acids is 1. The summed E-state index contributed by atoms with van der Waals surface area (Å²) in [5.41, 5.74) is 1.94. The quantitative estimate of drug-likeness (QED) is 0.465. The molecule has 0 aliphatic heterocycles. The monoisotopic (exact) mass is 422 g/mol. The molecule has 0 radical (unpaired) electrons. The fourth-order valence-electron chi connectivity index (χ4n) is 2.83. The van der Waals surface area contributed by atoms with Crippen molar-refractivity contribution in [1.82, 2.24) is 14.8 Å². The molecule has 4 rings (SSSR count). The number of carbonyl (C=O) groups is 1. The summed E-state index contributed by atoms with van der Waals surface area (Å²) in [6.45, 7) is 3.77. The zero-order valence-electron chi connectivity index (χ0n) is 16.4. The van der Waals surface area contributed by atoms with E-state index in [4.69, 9.17) is 4.74 Å². The molecule has 0 saturated heterocycles. The van der Waals surface area contributed by atoms with Crippen molar-refractivity contribution < 1.29 is 13.9 Å². The number of hydrogen-bond acceptors (Lipinski definition) is 5. The molecule has 0 bridgehead atoms. The van der Waals surface area contributed by atoms with Crippen molar-refractivity contribution in [3.05, 3.63) is 76.7 Å². The molecule has 152 valence electrons. The molecule has 30 heavy (non-hydrogen) atoms. The van der Waals surface area contributed by atoms with Crippen LogP contribution in [0.2, 0.25) is 0 Å². The zero-order valence-corrected chi connectivity index (χ0v) is 17.2. The second-order valence-electron chi connectivity index (χ2n) is 6.79. The highest BCUT2D eigenvalue weighted by atomic mass is 32.1. The van der Waals surface area contributed by atoms with E-state index in [1.165, 1.54) is 23.5 Å². The third kappa shape index (κ3) is 4.38. The molecule has 0 aliphatic rings. The molecule has 0 spiro atoms. The van der Waals surface area contributed by atoms with Crippen molar-refractivity contribution in [2.24, 2.45) is 0 Å². The molecular formula is C22H19FN4O2S. The van der Waals surface area contributed by atoms with Gasteiger partial charge in [-0.05, 0) is 61.7 Å². The molecule has 2 heterocycles. The highest BCUT2D eigenvalue weighted by Crippen LogP contribution is 2.25. The largest absolute Gasteiger partial charge is 0.460 e. The molecule has 0 atom stereocenters. The van der Waals surface area contributed by atoms with Gasteiger partial charge in [0.15, 0.2) is 5.82 Å². The summed E-state index contributed by atoms with van der Waals surface area (Å²) in [4.78, 5) is 17.3. The van der Waals surface area contributed by atoms with E-state index in [0.717, 1.165) is 0 Å². The van der Waals surface area contributed by atoms with Crippen molar-refractivity contribution in [2.75, 3.05) is 5.32 Å². The number of thiophene rings is 1. The van der Waals surface area contributed by atoms with E-state index >= 15 is 0 Å². The number of hydrogen-bond donors (Lipinski definition) is 1. The maximum Gasteiger partial charge on any atom is 0.336 e. The first-order valence-corrected chi connectivity index (χ1v) is 10.2. The Morgan fingerprint density at radius 2 is 1.93 bits per heavy atom. The van der Waals surface area contributed by atoms with Crippen LogP contribution in [-0.4, -0.2) is 26.8 Å². The Kier molecular flexibility index (Phi) is 5.58. The fraction of sp³-hybridized carbons (Fsp3) is 0.136. The minimum absolute atomic E-state index is 0.101. The molecule has 1 amide bonds. The van der Waals surface area contributed by atoms with E-state index in [1.54, 1.807) is 47.1 Å². The fourth-order valence-corrected chi connectivity index (χ4v) is 3.45. The molecule has 0 aliphatic carbocycles. The smallest absolute Gasteiger partial charge is 0.336 e. The van der Waals surface area contributed by atoms with Gasteiger partial charge in [-0.2, -0.15) is 4.98 Å². The second-order valence-corrected chi connectivity index (χ2v) is 7.73. The van der Waals surface area contributed by atoms with Crippen molar-refractivity contribution >= 4 is 22.9 Å². The molecule has 0 unspecified atom stereocenters. The van der Waals surface area contributed by atoms with E-state index in [2.05, 4.69) is 15.4 Å². The number of halogens is 1. The predicted molar refractivity (Wildman–Crippen MR) is 115 cm³/mol. The number of nitrogens with zero attached hydrogens (tertiary/aromatic N) is 3. The van der Waals surface area contributed by atoms with Crippen LogP contribution < -0.4 is 10.1 Å². The van der Waals surface area contributed by atoms with Gasteiger partial charge < -0.3 is 10.1 Å². The Balaban J connectivity index is 1.65. The Bertz CT molecular complexity index is 1150. The summed E-state index contributed by atoms with van der Waals surface area (Å²) in [5.74, 6) is -0.0629. The van der Waals surface area contributed by atoms with E-state index in [1.807, 2.05) is 25.3 Å². The van der Waals surface area contributed by atoms with Crippen molar-refractivity contribution in [2.45, 2.75) is 20.0 Å². The van der Waals surface area contributed by atoms with Gasteiger partial charge in [0.05, 0.1) is 16.7 Å². The first-order valence-electron chi connectivity index (χ1n) is 9.34. The normalized spacial score (nSPS) is 10.9. The third-order valence-corrected chi connectivity index (χ3v) is 4.99. The second kappa shape index (κ2) is 8.46. The molecular weight excluding hydrogens is 403 g/mol. The van der Waals surface area contributed by atoms with Gasteiger partial charge in [0.25, 0.3) is 5.91 Å². The van der Waals surface area contributed by atoms with Gasteiger partial charge >= 0.3 is 6.01 Å². The molecule has 8 heteroatoms. The molecule has 2 aromatic carbocycles. The lowest BCUT2D eigenvalue weighted by molar-refractivity contribution is 0.103. The van der Waals surface area contributed by atoms with Gasteiger partial charge in [0.2, 0.25) is 0 Å². The first-order chi connectivity index (χ1) is 14.5. The van der Waals surface area contributed by atoms with Crippen LogP contribution in [-0.2, 0) is 0 Å². The lowest BCUT2D eigenvalue weighted by atomic mass is 10.2. The van der Waals surface area contributed by atoms with Crippen LogP contribution in [0.15, 0.2) is 66.0 Å². The molecule has 0 fully saturated rings. The summed E-state index contributed by atoms with van der Waals surface area (Å²) >= 11 is 1.38. The minimum Gasteiger partial charge on any atom is -0.460 e. The molecule has 1 N–H and O–H groups in total. The zero-order chi connectivity index (χ0) is 21.1. The SMILES string of the molecule is CC(C)Oc1nc(-c2cccc(F)c2)n(-c2ccc(NC(=O)c3cccs3)cc2)n1. The number of rotatable bonds is 6. The maximum atomic E-state index is 13.8. The van der Waals surface area contributed by atoms with Crippen LogP contribution in [0.4, 0.5) is 10.1 Å². The van der Waals surface area contributed by atoms with Crippen molar-refractivity contribution in [1.29, 1.82) is 0 Å². The van der Waals surface area contributed by atoms with E-state index in [-0.39, 0.29) is 23.8 Å². The van der Waals surface area contributed by atoms with E-state index in [0.29, 0.717) is 27.6 Å². The standard InChI is InChI=1S/C22H19FN4O2S/c1-14(2)29-22-25-20(15-5-3-6-16(23)13-15)27(26-22)18-10-8-17(9-11-18)24-21(28)19-7-4-12-30-19/h3-14H,1-2H3,(H,24,28). The number of nitrogens with one attached hydrogen (secondary N) is 1. The Hall–Kier alpha value is -3.52. The molecule has 2 aromatic heterocycles. The van der Waals surface area contributed by atoms with Gasteiger partial charge in [-0.25, -0.2) is 9.07 Å². The molecule has 4 aromatic rings. The average Bonchev–Trinajstić information content (AvgIpc) is 3.38. The van der Waals surface area contributed by atoms with Crippen LogP contribution in [0.3, 0.4) is 0 Å². The summed E-state index contributed by atoms with van der Waals surface area (Å²) in [7, 11) is 0. The van der Waals surface area contributed by atoms with Gasteiger partial charge in [-0.3, -0.25) is 4.79 Å². The van der Waals surface area contributed by atoms with Gasteiger partial charge in [0.1, 0.15) is 5.82 Å². The van der Waals surface area contributed by atoms with Crippen molar-refractivity contribution in [3.8, 4) is 23.1 Å². The number of aromatic nitrogens is 3. The third-order valence-electron chi connectivity index (χ3n) is 4.13. The lowest BCUT2D eigenvalue weighted by Crippen LogP contribution is -2.10. The van der Waals surface area contributed by atoms with Crippen LogP contribution >= 0.6 is 11.3 Å². The topological polar surface area (TPSA) is 69.0 Å². The molecule has 0 saturated carbocycles. The van der Waals surface area contributed by atoms with Crippen LogP contribution in [0.25, 0.3) is 17.1 Å². The predicted octanol–water partition coefficient (Wildman–Crippen LogP) is 5.17. The van der Waals surface area contributed by atoms with Crippen LogP contribution in [0.1, 0.15) is 23.5 Å². The summed E-state index contributed by atoms with van der Waals surface area (Å²) < 4.78 is 21.0. The number of anilines is 1. The highest BCUT2D eigenvalue weighted by Gasteiger charge is 2.16. The Labute approximate surface area is 177 Å². The minimum atomic E-state index is -0.361. The van der Waals surface area contributed by atoms with Gasteiger partial charge in [-0.15, -0.1) is 16.4 Å². The number of benzene rings is 2. The van der Waals surface area contributed by atoms with Gasteiger partial charge in [-0.1, -0.05) is 18.2 Å². The molecule has 6 nitrogen and oxygen atoms in total. The maximum absolute atomic E-state index is 13.8. The number of ether oxygens (including phenoxy) is 1.